The van der Waals surface area contributed by atoms with Crippen LogP contribution in [0.1, 0.15) is 24.8 Å². The zero-order valence-corrected chi connectivity index (χ0v) is 14.5. The molecule has 6 nitrogen and oxygen atoms in total. The minimum atomic E-state index is -0.267. The van der Waals surface area contributed by atoms with Crippen LogP contribution in [-0.4, -0.2) is 50.7 Å². The van der Waals surface area contributed by atoms with Gasteiger partial charge in [-0.3, -0.25) is 14.9 Å². The maximum absolute atomic E-state index is 11.4. The van der Waals surface area contributed by atoms with E-state index in [1.165, 1.54) is 11.3 Å². The second kappa shape index (κ2) is 8.68. The molecule has 1 aliphatic rings. The van der Waals surface area contributed by atoms with E-state index >= 15 is 0 Å². The molecule has 0 radical (unpaired) electrons. The summed E-state index contributed by atoms with van der Waals surface area (Å²) in [5, 5.41) is 11.4. The minimum Gasteiger partial charge on any atom is -0.396 e. The van der Waals surface area contributed by atoms with Crippen LogP contribution in [0.4, 0.5) is 11.4 Å². The number of aliphatic hydroxyl groups excluding tert-OH is 1. The molecular formula is C18H27N3O3. The number of hydrogen-bond acceptors (Lipinski definition) is 5. The first-order valence-corrected chi connectivity index (χ1v) is 8.45. The first-order chi connectivity index (χ1) is 11.5. The molecule has 2 rings (SSSR count). The molecule has 1 saturated heterocycles. The zero-order chi connectivity index (χ0) is 17.5. The summed E-state index contributed by atoms with van der Waals surface area (Å²) in [5.41, 5.74) is 3.50. The van der Waals surface area contributed by atoms with E-state index < -0.39 is 0 Å². The van der Waals surface area contributed by atoms with Gasteiger partial charge in [0.15, 0.2) is 0 Å². The smallest absolute Gasteiger partial charge is 0.228 e. The quantitative estimate of drug-likeness (QED) is 0.736. The van der Waals surface area contributed by atoms with Gasteiger partial charge in [-0.25, -0.2) is 0 Å². The standard InChI is InChI=1S/C18H27N3O3/c1-14-11-16(20(2)8-7-18(24)19-13-23)3-4-17(14)21-9-5-15(12-22)6-10-21/h3-4,11,13,15,22H,5-10,12H2,1-2H3,(H,19,23,24). The van der Waals surface area contributed by atoms with Gasteiger partial charge in [-0.1, -0.05) is 0 Å². The lowest BCUT2D eigenvalue weighted by Crippen LogP contribution is -2.35. The number of nitrogens with one attached hydrogen (secondary N) is 1. The van der Waals surface area contributed by atoms with E-state index in [4.69, 9.17) is 0 Å². The fourth-order valence-corrected chi connectivity index (χ4v) is 3.12. The molecule has 1 aliphatic heterocycles. The summed E-state index contributed by atoms with van der Waals surface area (Å²) in [6.45, 7) is 4.90. The largest absolute Gasteiger partial charge is 0.396 e. The number of aliphatic hydroxyl groups is 1. The first kappa shape index (κ1) is 18.3. The van der Waals surface area contributed by atoms with Gasteiger partial charge in [0.2, 0.25) is 12.3 Å². The van der Waals surface area contributed by atoms with Crippen molar-refractivity contribution in [1.29, 1.82) is 0 Å². The number of amides is 2. The lowest BCUT2D eigenvalue weighted by atomic mass is 9.97. The van der Waals surface area contributed by atoms with Gasteiger partial charge in [-0.2, -0.15) is 0 Å². The van der Waals surface area contributed by atoms with Crippen molar-refractivity contribution in [3.63, 3.8) is 0 Å². The molecule has 2 amide bonds. The van der Waals surface area contributed by atoms with Gasteiger partial charge in [0.1, 0.15) is 0 Å². The highest BCUT2D eigenvalue weighted by molar-refractivity contribution is 5.86. The van der Waals surface area contributed by atoms with Crippen molar-refractivity contribution >= 4 is 23.7 Å². The van der Waals surface area contributed by atoms with E-state index in [2.05, 4.69) is 35.3 Å². The number of benzene rings is 1. The highest BCUT2D eigenvalue weighted by atomic mass is 16.3. The van der Waals surface area contributed by atoms with Gasteiger partial charge in [0, 0.05) is 51.1 Å². The Morgan fingerprint density at radius 2 is 2.12 bits per heavy atom. The number of piperidine rings is 1. The van der Waals surface area contributed by atoms with Gasteiger partial charge in [-0.15, -0.1) is 0 Å². The van der Waals surface area contributed by atoms with Crippen molar-refractivity contribution in [2.24, 2.45) is 5.92 Å². The molecule has 1 aromatic carbocycles. The predicted octanol–water partition coefficient (Wildman–Crippen LogP) is 1.30. The van der Waals surface area contributed by atoms with Crippen LogP contribution < -0.4 is 15.1 Å². The normalized spacial score (nSPS) is 15.2. The number of hydrogen-bond donors (Lipinski definition) is 2. The number of rotatable bonds is 7. The van der Waals surface area contributed by atoms with E-state index in [9.17, 15) is 14.7 Å². The highest BCUT2D eigenvalue weighted by Gasteiger charge is 2.20. The Kier molecular flexibility index (Phi) is 6.61. The fourth-order valence-electron chi connectivity index (χ4n) is 3.12. The average Bonchev–Trinajstić information content (AvgIpc) is 2.60. The molecule has 0 unspecified atom stereocenters. The molecule has 132 valence electrons. The number of nitrogens with zero attached hydrogens (tertiary/aromatic N) is 2. The molecule has 0 aromatic heterocycles. The molecule has 0 spiro atoms. The average molecular weight is 333 g/mol. The van der Waals surface area contributed by atoms with Crippen molar-refractivity contribution in [2.45, 2.75) is 26.2 Å². The Balaban J connectivity index is 1.96. The molecule has 1 fully saturated rings. The van der Waals surface area contributed by atoms with E-state index in [0.717, 1.165) is 31.6 Å². The monoisotopic (exact) mass is 333 g/mol. The van der Waals surface area contributed by atoms with Gasteiger partial charge < -0.3 is 14.9 Å². The molecule has 1 aromatic rings. The van der Waals surface area contributed by atoms with E-state index in [0.29, 0.717) is 18.9 Å². The van der Waals surface area contributed by atoms with Gasteiger partial charge >= 0.3 is 0 Å². The van der Waals surface area contributed by atoms with Crippen LogP contribution in [-0.2, 0) is 9.59 Å². The second-order valence-corrected chi connectivity index (χ2v) is 6.44. The SMILES string of the molecule is Cc1cc(N(C)CCC(=O)NC=O)ccc1N1CCC(CO)CC1. The third-order valence-electron chi connectivity index (χ3n) is 4.73. The highest BCUT2D eigenvalue weighted by Crippen LogP contribution is 2.29. The Morgan fingerprint density at radius 3 is 2.71 bits per heavy atom. The Labute approximate surface area is 143 Å². The number of imide groups is 1. The summed E-state index contributed by atoms with van der Waals surface area (Å²) >= 11 is 0. The first-order valence-electron chi connectivity index (χ1n) is 8.45. The Bertz CT molecular complexity index is 569. The Morgan fingerprint density at radius 1 is 1.42 bits per heavy atom. The van der Waals surface area contributed by atoms with Crippen LogP contribution in [0.15, 0.2) is 18.2 Å². The Hall–Kier alpha value is -2.08. The lowest BCUT2D eigenvalue weighted by molar-refractivity contribution is -0.125. The topological polar surface area (TPSA) is 72.9 Å². The summed E-state index contributed by atoms with van der Waals surface area (Å²) in [6.07, 6.45) is 2.76. The maximum atomic E-state index is 11.4. The van der Waals surface area contributed by atoms with E-state index in [-0.39, 0.29) is 18.9 Å². The predicted molar refractivity (Wildman–Crippen MR) is 95.3 cm³/mol. The summed E-state index contributed by atoms with van der Waals surface area (Å²) < 4.78 is 0. The molecule has 0 saturated carbocycles. The molecule has 1 heterocycles. The molecule has 0 bridgehead atoms. The number of anilines is 2. The van der Waals surface area contributed by atoms with Gasteiger partial charge in [0.25, 0.3) is 0 Å². The number of carbonyl (C=O) groups is 2. The summed E-state index contributed by atoms with van der Waals surface area (Å²) in [5.74, 6) is 0.168. The minimum absolute atomic E-state index is 0.267. The van der Waals surface area contributed by atoms with E-state index in [1.54, 1.807) is 0 Å². The number of carbonyl (C=O) groups excluding carboxylic acids is 2. The summed E-state index contributed by atoms with van der Waals surface area (Å²) in [4.78, 5) is 26.0. The van der Waals surface area contributed by atoms with Crippen LogP contribution in [0.3, 0.4) is 0 Å². The van der Waals surface area contributed by atoms with Gasteiger partial charge in [-0.05, 0) is 49.4 Å². The van der Waals surface area contributed by atoms with Crippen molar-refractivity contribution in [3.05, 3.63) is 23.8 Å². The molecule has 0 aliphatic carbocycles. The fraction of sp³-hybridized carbons (Fsp3) is 0.556. The number of aryl methyl sites for hydroxylation is 1. The third-order valence-corrected chi connectivity index (χ3v) is 4.73. The van der Waals surface area contributed by atoms with Crippen molar-refractivity contribution < 1.29 is 14.7 Å². The van der Waals surface area contributed by atoms with Crippen molar-refractivity contribution in [2.75, 3.05) is 43.1 Å². The van der Waals surface area contributed by atoms with Crippen LogP contribution in [0, 0.1) is 12.8 Å². The third kappa shape index (κ3) is 4.71. The molecule has 24 heavy (non-hydrogen) atoms. The van der Waals surface area contributed by atoms with Crippen LogP contribution in [0.5, 0.6) is 0 Å². The molecule has 2 N–H and O–H groups in total. The molecular weight excluding hydrogens is 306 g/mol. The van der Waals surface area contributed by atoms with Crippen LogP contribution >= 0.6 is 0 Å². The summed E-state index contributed by atoms with van der Waals surface area (Å²) in [7, 11) is 1.94. The van der Waals surface area contributed by atoms with E-state index in [1.807, 2.05) is 11.9 Å². The van der Waals surface area contributed by atoms with Crippen molar-refractivity contribution in [3.8, 4) is 0 Å². The lowest BCUT2D eigenvalue weighted by Gasteiger charge is -2.34. The van der Waals surface area contributed by atoms with Gasteiger partial charge in [0.05, 0.1) is 0 Å². The second-order valence-electron chi connectivity index (χ2n) is 6.44. The molecule has 6 heteroatoms. The molecule has 0 atom stereocenters. The van der Waals surface area contributed by atoms with Crippen LogP contribution in [0.25, 0.3) is 0 Å². The van der Waals surface area contributed by atoms with Crippen LogP contribution in [0.2, 0.25) is 0 Å². The van der Waals surface area contributed by atoms with Crippen molar-refractivity contribution in [1.82, 2.24) is 5.32 Å². The maximum Gasteiger partial charge on any atom is 0.228 e. The summed E-state index contributed by atoms with van der Waals surface area (Å²) in [6, 6.07) is 6.33. The zero-order valence-electron chi connectivity index (χ0n) is 14.5.